The normalized spacial score (nSPS) is 16.6. The van der Waals surface area contributed by atoms with Gasteiger partial charge < -0.3 is 16.4 Å². The van der Waals surface area contributed by atoms with Gasteiger partial charge in [0.2, 0.25) is 0 Å². The summed E-state index contributed by atoms with van der Waals surface area (Å²) in [7, 11) is 1.96. The maximum Gasteiger partial charge on any atom is 0.0393 e. The molecule has 0 spiro atoms. The molecule has 0 atom stereocenters. The van der Waals surface area contributed by atoms with Crippen LogP contribution in [0.25, 0.3) is 0 Å². The highest BCUT2D eigenvalue weighted by Crippen LogP contribution is 2.23. The molecule has 28 heavy (non-hydrogen) atoms. The van der Waals surface area contributed by atoms with E-state index in [9.17, 15) is 0 Å². The lowest BCUT2D eigenvalue weighted by Crippen LogP contribution is -2.17. The van der Waals surface area contributed by atoms with Crippen molar-refractivity contribution in [2.75, 3.05) is 20.1 Å². The third-order valence-corrected chi connectivity index (χ3v) is 4.70. The first-order valence-electron chi connectivity index (χ1n) is 10.5. The van der Waals surface area contributed by atoms with Gasteiger partial charge in [-0.25, -0.2) is 0 Å². The fourth-order valence-electron chi connectivity index (χ4n) is 2.92. The van der Waals surface area contributed by atoms with Crippen LogP contribution in [0, 0.1) is 0 Å². The lowest BCUT2D eigenvalue weighted by atomic mass is 9.95. The average Bonchev–Trinajstić information content (AvgIpc) is 2.71. The van der Waals surface area contributed by atoms with Crippen molar-refractivity contribution in [3.63, 3.8) is 0 Å². The molecule has 0 aliphatic heterocycles. The van der Waals surface area contributed by atoms with Crippen LogP contribution in [0.4, 0.5) is 0 Å². The largest absolute Gasteiger partial charge is 0.392 e. The highest BCUT2D eigenvalue weighted by Gasteiger charge is 2.08. The molecule has 1 rings (SSSR count). The van der Waals surface area contributed by atoms with E-state index in [4.69, 9.17) is 5.73 Å². The Morgan fingerprint density at radius 1 is 1.25 bits per heavy atom. The van der Waals surface area contributed by atoms with E-state index >= 15 is 0 Å². The van der Waals surface area contributed by atoms with E-state index in [1.165, 1.54) is 23.3 Å². The average molecular weight is 382 g/mol. The van der Waals surface area contributed by atoms with Crippen LogP contribution >= 0.6 is 0 Å². The highest BCUT2D eigenvalue weighted by atomic mass is 14.9. The predicted octanol–water partition coefficient (Wildman–Crippen LogP) is 5.44. The van der Waals surface area contributed by atoms with Crippen LogP contribution in [-0.2, 0) is 0 Å². The number of unbranched alkanes of at least 4 members (excludes halogenated alkanes) is 2. The zero-order valence-electron chi connectivity index (χ0n) is 18.1. The van der Waals surface area contributed by atoms with Gasteiger partial charge in [0.25, 0.3) is 0 Å². The summed E-state index contributed by atoms with van der Waals surface area (Å²) >= 11 is 0. The van der Waals surface area contributed by atoms with Gasteiger partial charge in [0, 0.05) is 25.0 Å². The molecule has 0 heterocycles. The van der Waals surface area contributed by atoms with E-state index in [0.29, 0.717) is 0 Å². The third-order valence-electron chi connectivity index (χ3n) is 4.70. The number of nitrogens with two attached hydrogens (primary N) is 1. The van der Waals surface area contributed by atoms with Crippen molar-refractivity contribution in [2.24, 2.45) is 5.73 Å². The first kappa shape index (κ1) is 23.8. The molecule has 0 aromatic rings. The van der Waals surface area contributed by atoms with Crippen LogP contribution in [0.5, 0.6) is 0 Å². The second-order valence-electron chi connectivity index (χ2n) is 7.16. The lowest BCUT2D eigenvalue weighted by molar-refractivity contribution is 0.651. The number of allylic oxidation sites excluding steroid dienone is 12. The molecular weight excluding hydrogens is 342 g/mol. The Morgan fingerprint density at radius 2 is 2.07 bits per heavy atom. The number of nitrogens with one attached hydrogen (secondary N) is 2. The quantitative estimate of drug-likeness (QED) is 0.294. The molecule has 0 unspecified atom stereocenters. The first-order valence-corrected chi connectivity index (χ1v) is 10.5. The smallest absolute Gasteiger partial charge is 0.0393 e. The summed E-state index contributed by atoms with van der Waals surface area (Å²) < 4.78 is 0. The molecule has 0 amide bonds. The van der Waals surface area contributed by atoms with E-state index in [2.05, 4.69) is 60.6 Å². The van der Waals surface area contributed by atoms with Gasteiger partial charge in [-0.05, 0) is 69.7 Å². The van der Waals surface area contributed by atoms with Crippen molar-refractivity contribution in [1.82, 2.24) is 10.6 Å². The standard InChI is InChI=1S/C25H39N3/c1-5-6-8-12-21(2)15-16-23-13-11-14-24(20-23)25(19-22(3)27-4)28-18-10-7-9-17-26/h5-6,8,11-13,19-20,27-28H,2,7,9-10,14-18,26H2,1,3-4H3/b6-5-,12-8-,22-19-,25-24-. The number of hydrogen-bond acceptors (Lipinski definition) is 3. The first-order chi connectivity index (χ1) is 13.6. The minimum Gasteiger partial charge on any atom is -0.392 e. The van der Waals surface area contributed by atoms with E-state index in [-0.39, 0.29) is 0 Å². The van der Waals surface area contributed by atoms with Crippen LogP contribution in [0.1, 0.15) is 52.4 Å². The Morgan fingerprint density at radius 3 is 2.79 bits per heavy atom. The Balaban J connectivity index is 2.81. The minimum atomic E-state index is 0.777. The van der Waals surface area contributed by atoms with Gasteiger partial charge in [-0.3, -0.25) is 0 Å². The summed E-state index contributed by atoms with van der Waals surface area (Å²) in [6, 6.07) is 0. The molecule has 0 aromatic heterocycles. The van der Waals surface area contributed by atoms with Crippen LogP contribution in [0.15, 0.2) is 83.3 Å². The molecule has 3 heteroatoms. The Labute approximate surface area is 172 Å². The van der Waals surface area contributed by atoms with Gasteiger partial charge >= 0.3 is 0 Å². The molecule has 0 saturated heterocycles. The Bertz CT molecular complexity index is 657. The van der Waals surface area contributed by atoms with E-state index in [1.807, 2.05) is 26.1 Å². The van der Waals surface area contributed by atoms with E-state index in [0.717, 1.165) is 56.5 Å². The third kappa shape index (κ3) is 10.2. The minimum absolute atomic E-state index is 0.777. The van der Waals surface area contributed by atoms with Crippen LogP contribution < -0.4 is 16.4 Å². The van der Waals surface area contributed by atoms with Crippen LogP contribution in [0.2, 0.25) is 0 Å². The van der Waals surface area contributed by atoms with E-state index in [1.54, 1.807) is 0 Å². The van der Waals surface area contributed by atoms with E-state index < -0.39 is 0 Å². The molecular formula is C25H39N3. The second-order valence-corrected chi connectivity index (χ2v) is 7.16. The maximum atomic E-state index is 5.59. The molecule has 0 aromatic carbocycles. The molecule has 154 valence electrons. The lowest BCUT2D eigenvalue weighted by Gasteiger charge is -2.16. The summed E-state index contributed by atoms with van der Waals surface area (Å²) in [5.74, 6) is 0. The van der Waals surface area contributed by atoms with Crippen molar-refractivity contribution in [1.29, 1.82) is 0 Å². The second kappa shape index (κ2) is 14.8. The monoisotopic (exact) mass is 381 g/mol. The fourth-order valence-corrected chi connectivity index (χ4v) is 2.92. The fraction of sp³-hybridized carbons (Fsp3) is 0.440. The van der Waals surface area contributed by atoms with Gasteiger partial charge in [0.15, 0.2) is 0 Å². The molecule has 3 nitrogen and oxygen atoms in total. The number of rotatable bonds is 13. The summed E-state index contributed by atoms with van der Waals surface area (Å²) in [6.45, 7) is 10.0. The summed E-state index contributed by atoms with van der Waals surface area (Å²) in [6.07, 6.45) is 23.6. The van der Waals surface area contributed by atoms with Crippen molar-refractivity contribution >= 4 is 0 Å². The van der Waals surface area contributed by atoms with Crippen LogP contribution in [0.3, 0.4) is 0 Å². The molecule has 0 fully saturated rings. The van der Waals surface area contributed by atoms with Crippen molar-refractivity contribution < 1.29 is 0 Å². The Kier molecular flexibility index (Phi) is 12.5. The topological polar surface area (TPSA) is 50.1 Å². The summed E-state index contributed by atoms with van der Waals surface area (Å²) in [5, 5.41) is 6.87. The number of hydrogen-bond donors (Lipinski definition) is 3. The molecule has 1 aliphatic carbocycles. The van der Waals surface area contributed by atoms with Gasteiger partial charge in [-0.1, -0.05) is 61.1 Å². The maximum absolute atomic E-state index is 5.59. The molecule has 0 saturated carbocycles. The molecule has 4 N–H and O–H groups in total. The van der Waals surface area contributed by atoms with Gasteiger partial charge in [0.1, 0.15) is 0 Å². The molecule has 1 aliphatic rings. The zero-order chi connectivity index (χ0) is 20.6. The van der Waals surface area contributed by atoms with Crippen molar-refractivity contribution in [3.8, 4) is 0 Å². The SMILES string of the molecule is C=C(/C=C\C=C/C)CCC1=C/C(=C(/C=C(/C)NC)NCCCCCN)CC=C1. The van der Waals surface area contributed by atoms with Crippen molar-refractivity contribution in [3.05, 3.63) is 83.3 Å². The van der Waals surface area contributed by atoms with Gasteiger partial charge in [0.05, 0.1) is 0 Å². The molecule has 0 radical (unpaired) electrons. The zero-order valence-corrected chi connectivity index (χ0v) is 18.1. The summed E-state index contributed by atoms with van der Waals surface area (Å²) in [4.78, 5) is 0. The van der Waals surface area contributed by atoms with Gasteiger partial charge in [-0.2, -0.15) is 0 Å². The molecule has 0 bridgehead atoms. The Hall–Kier alpha value is -2.26. The predicted molar refractivity (Wildman–Crippen MR) is 125 cm³/mol. The van der Waals surface area contributed by atoms with Gasteiger partial charge in [-0.15, -0.1) is 0 Å². The summed E-state index contributed by atoms with van der Waals surface area (Å²) in [5.41, 5.74) is 11.8. The van der Waals surface area contributed by atoms with Crippen LogP contribution in [-0.4, -0.2) is 20.1 Å². The van der Waals surface area contributed by atoms with Crippen molar-refractivity contribution in [2.45, 2.75) is 52.4 Å². The highest BCUT2D eigenvalue weighted by molar-refractivity contribution is 5.43.